The second-order valence-electron chi connectivity index (χ2n) is 7.33. The minimum Gasteiger partial charge on any atom is -0.330 e. The van der Waals surface area contributed by atoms with Gasteiger partial charge in [0.25, 0.3) is 11.5 Å². The Morgan fingerprint density at radius 1 is 1.30 bits per heavy atom. The number of benzene rings is 1. The van der Waals surface area contributed by atoms with Gasteiger partial charge in [-0.25, -0.2) is 4.98 Å². The maximum absolute atomic E-state index is 13.1. The van der Waals surface area contributed by atoms with Crippen LogP contribution in [0.3, 0.4) is 0 Å². The van der Waals surface area contributed by atoms with E-state index < -0.39 is 0 Å². The summed E-state index contributed by atoms with van der Waals surface area (Å²) in [5, 5.41) is 4.48. The maximum Gasteiger partial charge on any atom is 0.264 e. The van der Waals surface area contributed by atoms with Crippen LogP contribution in [0.5, 0.6) is 0 Å². The van der Waals surface area contributed by atoms with E-state index in [2.05, 4.69) is 15.3 Å². The number of hydrogen-bond acceptors (Lipinski definition) is 5. The molecule has 4 rings (SSSR count). The lowest BCUT2D eigenvalue weighted by Crippen LogP contribution is -2.32. The molecule has 3 aromatic rings. The topological polar surface area (TPSA) is 95.2 Å². The van der Waals surface area contributed by atoms with E-state index in [9.17, 15) is 14.4 Å². The fraction of sp³-hybridized carbons (Fsp3) is 0.333. The third kappa shape index (κ3) is 4.55. The molecule has 2 amide bonds. The monoisotopic (exact) mass is 444 g/mol. The zero-order valence-corrected chi connectivity index (χ0v) is 18.0. The Morgan fingerprint density at radius 2 is 2.10 bits per heavy atom. The number of anilines is 1. The molecule has 1 fully saturated rings. The van der Waals surface area contributed by atoms with Gasteiger partial charge in [0.15, 0.2) is 0 Å². The summed E-state index contributed by atoms with van der Waals surface area (Å²) in [5.74, 6) is 0.350. The van der Waals surface area contributed by atoms with E-state index in [1.54, 1.807) is 35.2 Å². The van der Waals surface area contributed by atoms with Crippen LogP contribution in [0.15, 0.2) is 35.1 Å². The fourth-order valence-electron chi connectivity index (χ4n) is 3.18. The van der Waals surface area contributed by atoms with Gasteiger partial charge in [-0.15, -0.1) is 11.3 Å². The number of amides is 2. The number of rotatable bonds is 7. The molecule has 2 heterocycles. The van der Waals surface area contributed by atoms with Gasteiger partial charge in [0.1, 0.15) is 5.82 Å². The number of aromatic amines is 1. The van der Waals surface area contributed by atoms with Gasteiger partial charge in [0, 0.05) is 17.5 Å². The molecule has 30 heavy (non-hydrogen) atoms. The number of halogens is 1. The van der Waals surface area contributed by atoms with Gasteiger partial charge in [-0.3, -0.25) is 14.4 Å². The Kier molecular flexibility index (Phi) is 5.87. The molecule has 9 heteroatoms. The summed E-state index contributed by atoms with van der Waals surface area (Å²) in [7, 11) is 0. The number of fused-ring (bicyclic) bond motifs is 1. The van der Waals surface area contributed by atoms with Crippen molar-refractivity contribution in [2.24, 2.45) is 5.92 Å². The van der Waals surface area contributed by atoms with Crippen LogP contribution in [0.25, 0.3) is 10.9 Å². The molecule has 0 spiro atoms. The minimum absolute atomic E-state index is 0.0119. The normalized spacial score (nSPS) is 13.4. The first-order chi connectivity index (χ1) is 14.4. The van der Waals surface area contributed by atoms with E-state index in [1.807, 2.05) is 6.92 Å². The third-order valence-electron chi connectivity index (χ3n) is 4.85. The number of H-pyrrole nitrogens is 1. The number of nitrogens with one attached hydrogen (secondary N) is 2. The molecular formula is C21H21ClN4O3S. The highest BCUT2D eigenvalue weighted by Gasteiger charge is 2.30. The lowest BCUT2D eigenvalue weighted by atomic mass is 10.2. The van der Waals surface area contributed by atoms with E-state index in [1.165, 1.54) is 11.3 Å². The van der Waals surface area contributed by atoms with Crippen LogP contribution in [-0.4, -0.2) is 33.2 Å². The lowest BCUT2D eigenvalue weighted by Gasteiger charge is -2.21. The van der Waals surface area contributed by atoms with Crippen LogP contribution in [0, 0.1) is 5.92 Å². The van der Waals surface area contributed by atoms with E-state index in [4.69, 9.17) is 11.6 Å². The fourth-order valence-corrected chi connectivity index (χ4v) is 4.23. The summed E-state index contributed by atoms with van der Waals surface area (Å²) in [6.45, 7) is 2.66. The molecule has 2 N–H and O–H groups in total. The Hall–Kier alpha value is -2.71. The van der Waals surface area contributed by atoms with Crippen molar-refractivity contribution in [1.82, 2.24) is 14.9 Å². The van der Waals surface area contributed by atoms with Crippen molar-refractivity contribution in [2.45, 2.75) is 32.7 Å². The molecule has 2 aromatic heterocycles. The van der Waals surface area contributed by atoms with Crippen molar-refractivity contribution in [2.75, 3.05) is 11.9 Å². The predicted molar refractivity (Wildman–Crippen MR) is 118 cm³/mol. The lowest BCUT2D eigenvalue weighted by molar-refractivity contribution is -0.117. The largest absolute Gasteiger partial charge is 0.330 e. The SMILES string of the molecule is CCCN(Cc1nc2cc(Cl)ccc2c(=O)[nH]1)C(=O)c1ccc(NC(=O)C2CC2)s1. The molecule has 0 atom stereocenters. The Morgan fingerprint density at radius 3 is 2.83 bits per heavy atom. The van der Waals surface area contributed by atoms with Crippen molar-refractivity contribution < 1.29 is 9.59 Å². The Bertz CT molecular complexity index is 1170. The van der Waals surface area contributed by atoms with E-state index in [-0.39, 0.29) is 29.8 Å². The van der Waals surface area contributed by atoms with E-state index in [0.717, 1.165) is 19.3 Å². The molecule has 1 aromatic carbocycles. The molecule has 0 saturated heterocycles. The summed E-state index contributed by atoms with van der Waals surface area (Å²) in [6.07, 6.45) is 2.61. The van der Waals surface area contributed by atoms with Crippen LogP contribution in [-0.2, 0) is 11.3 Å². The van der Waals surface area contributed by atoms with Gasteiger partial charge >= 0.3 is 0 Å². The quantitative estimate of drug-likeness (QED) is 0.575. The number of hydrogen-bond donors (Lipinski definition) is 2. The van der Waals surface area contributed by atoms with Crippen molar-refractivity contribution in [3.63, 3.8) is 0 Å². The standard InChI is InChI=1S/C21H21ClN4O3S/c1-2-9-26(11-17-23-15-10-13(22)5-6-14(15)20(28)24-17)21(29)16-7-8-18(30-16)25-19(27)12-3-4-12/h5-8,10,12H,2-4,9,11H2,1H3,(H,25,27)(H,23,24,28). The average molecular weight is 445 g/mol. The van der Waals surface area contributed by atoms with Gasteiger partial charge in [-0.1, -0.05) is 18.5 Å². The molecule has 1 aliphatic rings. The number of carbonyl (C=O) groups excluding carboxylic acids is 2. The Balaban J connectivity index is 1.54. The summed E-state index contributed by atoms with van der Waals surface area (Å²) in [6, 6.07) is 8.37. The second kappa shape index (κ2) is 8.57. The summed E-state index contributed by atoms with van der Waals surface area (Å²) < 4.78 is 0. The zero-order chi connectivity index (χ0) is 21.3. The molecule has 0 radical (unpaired) electrons. The number of carbonyl (C=O) groups is 2. The summed E-state index contributed by atoms with van der Waals surface area (Å²) >= 11 is 7.28. The van der Waals surface area contributed by atoms with Gasteiger partial charge in [-0.2, -0.15) is 0 Å². The van der Waals surface area contributed by atoms with Crippen LogP contribution >= 0.6 is 22.9 Å². The minimum atomic E-state index is -0.267. The smallest absolute Gasteiger partial charge is 0.264 e. The highest BCUT2D eigenvalue weighted by atomic mass is 35.5. The molecule has 1 saturated carbocycles. The zero-order valence-electron chi connectivity index (χ0n) is 16.4. The van der Waals surface area contributed by atoms with Crippen LogP contribution in [0.2, 0.25) is 5.02 Å². The van der Waals surface area contributed by atoms with Crippen molar-refractivity contribution >= 4 is 50.7 Å². The predicted octanol–water partition coefficient (Wildman–Crippen LogP) is 4.04. The summed E-state index contributed by atoms with van der Waals surface area (Å²) in [5.41, 5.74) is 0.225. The highest BCUT2D eigenvalue weighted by molar-refractivity contribution is 7.18. The van der Waals surface area contributed by atoms with Gasteiger partial charge < -0.3 is 15.2 Å². The van der Waals surface area contributed by atoms with Gasteiger partial charge in [0.05, 0.1) is 27.3 Å². The summed E-state index contributed by atoms with van der Waals surface area (Å²) in [4.78, 5) is 46.8. The van der Waals surface area contributed by atoms with Crippen LogP contribution < -0.4 is 10.9 Å². The van der Waals surface area contributed by atoms with Crippen molar-refractivity contribution in [3.8, 4) is 0 Å². The Labute approximate surface area is 182 Å². The van der Waals surface area contributed by atoms with E-state index >= 15 is 0 Å². The highest BCUT2D eigenvalue weighted by Crippen LogP contribution is 2.32. The van der Waals surface area contributed by atoms with Crippen molar-refractivity contribution in [3.05, 3.63) is 56.4 Å². The maximum atomic E-state index is 13.1. The van der Waals surface area contributed by atoms with Crippen molar-refractivity contribution in [1.29, 1.82) is 0 Å². The first-order valence-electron chi connectivity index (χ1n) is 9.83. The molecule has 0 unspecified atom stereocenters. The second-order valence-corrected chi connectivity index (χ2v) is 8.85. The molecule has 0 bridgehead atoms. The van der Waals surface area contributed by atoms with Crippen LogP contribution in [0.1, 0.15) is 41.7 Å². The average Bonchev–Trinajstić information content (AvgIpc) is 3.46. The number of thiophene rings is 1. The van der Waals surface area contributed by atoms with Crippen LogP contribution in [0.4, 0.5) is 5.00 Å². The van der Waals surface area contributed by atoms with Gasteiger partial charge in [-0.05, 0) is 49.6 Å². The molecule has 1 aliphatic carbocycles. The van der Waals surface area contributed by atoms with E-state index in [0.29, 0.717) is 38.2 Å². The first kappa shape index (κ1) is 20.6. The number of aromatic nitrogens is 2. The molecule has 7 nitrogen and oxygen atoms in total. The molecule has 156 valence electrons. The number of nitrogens with zero attached hydrogens (tertiary/aromatic N) is 2. The molecule has 0 aliphatic heterocycles. The first-order valence-corrected chi connectivity index (χ1v) is 11.0. The van der Waals surface area contributed by atoms with Gasteiger partial charge in [0.2, 0.25) is 5.91 Å². The third-order valence-corrected chi connectivity index (χ3v) is 6.07. The molecular weight excluding hydrogens is 424 g/mol.